The van der Waals surface area contributed by atoms with Gasteiger partial charge in [-0.05, 0) is 24.5 Å². The second kappa shape index (κ2) is 5.66. The topological polar surface area (TPSA) is 29.1 Å². The van der Waals surface area contributed by atoms with E-state index in [1.165, 1.54) is 6.92 Å². The summed E-state index contributed by atoms with van der Waals surface area (Å²) in [5, 5.41) is 3.55. The van der Waals surface area contributed by atoms with Crippen molar-refractivity contribution in [2.75, 3.05) is 6.54 Å². The molecule has 0 aliphatic heterocycles. The summed E-state index contributed by atoms with van der Waals surface area (Å²) in [6.45, 7) is 2.23. The monoisotopic (exact) mass is 211 g/mol. The van der Waals surface area contributed by atoms with Crippen LogP contribution in [0.2, 0.25) is 5.02 Å². The molecule has 14 heavy (non-hydrogen) atoms. The Morgan fingerprint density at radius 1 is 1.43 bits per heavy atom. The summed E-state index contributed by atoms with van der Waals surface area (Å²) in [6, 6.07) is 7.78. The molecular formula is C11H14ClNO. The number of carbonyl (C=O) groups excluding carboxylic acids is 1. The molecule has 0 bridgehead atoms. The van der Waals surface area contributed by atoms with Crippen molar-refractivity contribution in [2.24, 2.45) is 0 Å². The molecule has 0 aliphatic carbocycles. The van der Waals surface area contributed by atoms with Crippen LogP contribution < -0.4 is 5.32 Å². The van der Waals surface area contributed by atoms with E-state index in [4.69, 9.17) is 11.6 Å². The molecule has 0 saturated heterocycles. The van der Waals surface area contributed by atoms with Gasteiger partial charge in [0.2, 0.25) is 5.91 Å². The third-order valence-electron chi connectivity index (χ3n) is 1.95. The van der Waals surface area contributed by atoms with Gasteiger partial charge < -0.3 is 5.32 Å². The van der Waals surface area contributed by atoms with Crippen LogP contribution in [0.4, 0.5) is 0 Å². The van der Waals surface area contributed by atoms with Gasteiger partial charge >= 0.3 is 0 Å². The zero-order valence-corrected chi connectivity index (χ0v) is 8.97. The van der Waals surface area contributed by atoms with Crippen LogP contribution in [0.5, 0.6) is 0 Å². The van der Waals surface area contributed by atoms with E-state index in [0.717, 1.165) is 23.4 Å². The molecule has 1 aromatic carbocycles. The van der Waals surface area contributed by atoms with Crippen molar-refractivity contribution in [1.82, 2.24) is 5.32 Å². The van der Waals surface area contributed by atoms with Gasteiger partial charge in [0.15, 0.2) is 0 Å². The number of carbonyl (C=O) groups is 1. The fourth-order valence-corrected chi connectivity index (χ4v) is 1.47. The Morgan fingerprint density at radius 3 is 2.79 bits per heavy atom. The minimum absolute atomic E-state index is 0.0177. The standard InChI is InChI=1S/C11H14ClNO/c1-9(14)13-8-4-6-10-5-2-3-7-11(10)12/h2-3,5,7H,4,6,8H2,1H3,(H,13,14). The van der Waals surface area contributed by atoms with Crippen LogP contribution >= 0.6 is 11.6 Å². The second-order valence-corrected chi connectivity index (χ2v) is 3.59. The van der Waals surface area contributed by atoms with Gasteiger partial charge in [0.25, 0.3) is 0 Å². The van der Waals surface area contributed by atoms with Crippen LogP contribution in [0.1, 0.15) is 18.9 Å². The molecule has 0 atom stereocenters. The molecule has 2 nitrogen and oxygen atoms in total. The molecule has 1 N–H and O–H groups in total. The average Bonchev–Trinajstić information content (AvgIpc) is 2.15. The molecule has 0 aromatic heterocycles. The van der Waals surface area contributed by atoms with Crippen LogP contribution in [-0.2, 0) is 11.2 Å². The maximum absolute atomic E-state index is 10.6. The van der Waals surface area contributed by atoms with Gasteiger partial charge in [0.05, 0.1) is 0 Å². The molecule has 0 unspecified atom stereocenters. The third kappa shape index (κ3) is 3.79. The predicted molar refractivity (Wildman–Crippen MR) is 58.5 cm³/mol. The molecule has 0 radical (unpaired) electrons. The number of benzene rings is 1. The molecule has 1 rings (SSSR count). The number of nitrogens with one attached hydrogen (secondary N) is 1. The van der Waals surface area contributed by atoms with Gasteiger partial charge in [0.1, 0.15) is 0 Å². The van der Waals surface area contributed by atoms with Gasteiger partial charge in [-0.25, -0.2) is 0 Å². The van der Waals surface area contributed by atoms with Crippen molar-refractivity contribution < 1.29 is 4.79 Å². The van der Waals surface area contributed by atoms with E-state index < -0.39 is 0 Å². The SMILES string of the molecule is CC(=O)NCCCc1ccccc1Cl. The summed E-state index contributed by atoms with van der Waals surface area (Å²) in [7, 11) is 0. The molecule has 0 saturated carbocycles. The Kier molecular flexibility index (Phi) is 4.47. The van der Waals surface area contributed by atoms with Crippen LogP contribution in [-0.4, -0.2) is 12.5 Å². The highest BCUT2D eigenvalue weighted by atomic mass is 35.5. The van der Waals surface area contributed by atoms with Crippen molar-refractivity contribution in [1.29, 1.82) is 0 Å². The van der Waals surface area contributed by atoms with Crippen molar-refractivity contribution >= 4 is 17.5 Å². The quantitative estimate of drug-likeness (QED) is 0.762. The molecule has 76 valence electrons. The lowest BCUT2D eigenvalue weighted by Gasteiger charge is -2.04. The highest BCUT2D eigenvalue weighted by Crippen LogP contribution is 2.15. The Bertz CT molecular complexity index is 312. The first kappa shape index (κ1) is 11.1. The lowest BCUT2D eigenvalue weighted by atomic mass is 10.1. The first-order valence-corrected chi connectivity index (χ1v) is 5.06. The van der Waals surface area contributed by atoms with Crippen molar-refractivity contribution in [3.8, 4) is 0 Å². The number of aryl methyl sites for hydroxylation is 1. The first-order valence-electron chi connectivity index (χ1n) is 4.68. The van der Waals surface area contributed by atoms with Crippen LogP contribution in [0, 0.1) is 0 Å². The molecule has 0 heterocycles. The second-order valence-electron chi connectivity index (χ2n) is 3.18. The smallest absolute Gasteiger partial charge is 0.216 e. The van der Waals surface area contributed by atoms with Gasteiger partial charge in [-0.1, -0.05) is 29.8 Å². The van der Waals surface area contributed by atoms with Crippen LogP contribution in [0.25, 0.3) is 0 Å². The Balaban J connectivity index is 2.31. The number of rotatable bonds is 4. The lowest BCUT2D eigenvalue weighted by molar-refractivity contribution is -0.118. The molecule has 1 aromatic rings. The lowest BCUT2D eigenvalue weighted by Crippen LogP contribution is -2.21. The van der Waals surface area contributed by atoms with Gasteiger partial charge in [-0.15, -0.1) is 0 Å². The van der Waals surface area contributed by atoms with Gasteiger partial charge in [-0.2, -0.15) is 0 Å². The summed E-state index contributed by atoms with van der Waals surface area (Å²) in [5.74, 6) is 0.0177. The molecule has 0 fully saturated rings. The number of hydrogen-bond acceptors (Lipinski definition) is 1. The highest BCUT2D eigenvalue weighted by molar-refractivity contribution is 6.31. The minimum atomic E-state index is 0.0177. The maximum Gasteiger partial charge on any atom is 0.216 e. The third-order valence-corrected chi connectivity index (χ3v) is 2.32. The molecule has 3 heteroatoms. The van der Waals surface area contributed by atoms with Crippen molar-refractivity contribution in [3.05, 3.63) is 34.9 Å². The maximum atomic E-state index is 10.6. The summed E-state index contributed by atoms with van der Waals surface area (Å²) >= 11 is 5.98. The highest BCUT2D eigenvalue weighted by Gasteiger charge is 1.98. The van der Waals surface area contributed by atoms with E-state index >= 15 is 0 Å². The number of halogens is 1. The van der Waals surface area contributed by atoms with Crippen molar-refractivity contribution in [3.63, 3.8) is 0 Å². The zero-order chi connectivity index (χ0) is 10.4. The Labute approximate surface area is 89.3 Å². The summed E-state index contributed by atoms with van der Waals surface area (Å²) in [5.41, 5.74) is 1.14. The largest absolute Gasteiger partial charge is 0.356 e. The van der Waals surface area contributed by atoms with E-state index in [-0.39, 0.29) is 5.91 Å². The fraction of sp³-hybridized carbons (Fsp3) is 0.364. The summed E-state index contributed by atoms with van der Waals surface area (Å²) < 4.78 is 0. The van der Waals surface area contributed by atoms with Crippen molar-refractivity contribution in [2.45, 2.75) is 19.8 Å². The normalized spacial score (nSPS) is 9.86. The van der Waals surface area contributed by atoms with E-state index in [9.17, 15) is 4.79 Å². The van der Waals surface area contributed by atoms with Crippen LogP contribution in [0.15, 0.2) is 24.3 Å². The zero-order valence-electron chi connectivity index (χ0n) is 8.22. The van der Waals surface area contributed by atoms with Crippen LogP contribution in [0.3, 0.4) is 0 Å². The molecule has 0 spiro atoms. The molecule has 1 amide bonds. The summed E-state index contributed by atoms with van der Waals surface area (Å²) in [6.07, 6.45) is 1.82. The molecule has 0 aliphatic rings. The fourth-order valence-electron chi connectivity index (χ4n) is 1.24. The molecular weight excluding hydrogens is 198 g/mol. The van der Waals surface area contributed by atoms with Gasteiger partial charge in [-0.3, -0.25) is 4.79 Å². The van der Waals surface area contributed by atoms with Gasteiger partial charge in [0, 0.05) is 18.5 Å². The Hall–Kier alpha value is -1.02. The minimum Gasteiger partial charge on any atom is -0.356 e. The van der Waals surface area contributed by atoms with E-state index in [1.807, 2.05) is 24.3 Å². The van der Waals surface area contributed by atoms with E-state index in [2.05, 4.69) is 5.32 Å². The summed E-state index contributed by atoms with van der Waals surface area (Å²) in [4.78, 5) is 10.6. The number of hydrogen-bond donors (Lipinski definition) is 1. The number of amides is 1. The first-order chi connectivity index (χ1) is 6.70. The van der Waals surface area contributed by atoms with E-state index in [1.54, 1.807) is 0 Å². The average molecular weight is 212 g/mol. The van der Waals surface area contributed by atoms with E-state index in [0.29, 0.717) is 6.54 Å². The predicted octanol–water partition coefficient (Wildman–Crippen LogP) is 2.41. The Morgan fingerprint density at radius 2 is 2.14 bits per heavy atom.